The molecule has 0 saturated heterocycles. The van der Waals surface area contributed by atoms with Gasteiger partial charge in [0.05, 0.1) is 0 Å². The molecule has 0 bridgehead atoms. The Kier molecular flexibility index (Phi) is 4.05. The summed E-state index contributed by atoms with van der Waals surface area (Å²) in [6.45, 7) is 6.96. The lowest BCUT2D eigenvalue weighted by Crippen LogP contribution is -2.24. The Morgan fingerprint density at radius 2 is 1.88 bits per heavy atom. The first-order valence-corrected chi connectivity index (χ1v) is 5.46. The first-order valence-electron chi connectivity index (χ1n) is 5.46. The zero-order chi connectivity index (χ0) is 13.1. The van der Waals surface area contributed by atoms with Crippen LogP contribution in [0.5, 0.6) is 0 Å². The van der Waals surface area contributed by atoms with Crippen LogP contribution in [-0.4, -0.2) is 11.6 Å². The van der Waals surface area contributed by atoms with Crippen molar-refractivity contribution < 1.29 is 13.9 Å². The van der Waals surface area contributed by atoms with Crippen molar-refractivity contribution in [2.24, 2.45) is 0 Å². The third-order valence-electron chi connectivity index (χ3n) is 2.06. The molecule has 1 rings (SSSR count). The first-order chi connectivity index (χ1) is 7.79. The fourth-order valence-electron chi connectivity index (χ4n) is 1.27. The monoisotopic (exact) mass is 236 g/mol. The second-order valence-electron chi connectivity index (χ2n) is 4.85. The number of aryl methyl sites for hydroxylation is 1. The van der Waals surface area contributed by atoms with E-state index in [4.69, 9.17) is 4.74 Å². The molecule has 0 aliphatic rings. The molecule has 0 N–H and O–H groups in total. The molecule has 17 heavy (non-hydrogen) atoms. The molecule has 1 aromatic carbocycles. The van der Waals surface area contributed by atoms with E-state index < -0.39 is 17.4 Å². The van der Waals surface area contributed by atoms with E-state index in [0.29, 0.717) is 5.56 Å². The summed E-state index contributed by atoms with van der Waals surface area (Å²) < 4.78 is 18.5. The van der Waals surface area contributed by atoms with Crippen LogP contribution >= 0.6 is 0 Å². The highest BCUT2D eigenvalue weighted by molar-refractivity contribution is 5.91. The minimum Gasteiger partial charge on any atom is -0.455 e. The van der Waals surface area contributed by atoms with Crippen LogP contribution in [0.4, 0.5) is 4.39 Å². The van der Waals surface area contributed by atoms with Gasteiger partial charge in [-0.1, -0.05) is 24.3 Å². The minimum absolute atomic E-state index is 0.677. The molecule has 3 heteroatoms. The number of carbonyl (C=O) groups is 1. The molecule has 0 aliphatic carbocycles. The third-order valence-corrected chi connectivity index (χ3v) is 2.06. The second kappa shape index (κ2) is 5.13. The molecule has 0 unspecified atom stereocenters. The average Bonchev–Trinajstić information content (AvgIpc) is 2.18. The minimum atomic E-state index is -0.930. The van der Waals surface area contributed by atoms with E-state index in [0.717, 1.165) is 5.56 Å². The molecule has 0 spiro atoms. The van der Waals surface area contributed by atoms with Crippen LogP contribution in [0.1, 0.15) is 31.9 Å². The van der Waals surface area contributed by atoms with E-state index in [1.807, 2.05) is 19.1 Å². The van der Waals surface area contributed by atoms with Crippen LogP contribution in [0, 0.1) is 6.92 Å². The molecule has 0 atom stereocenters. The number of esters is 1. The lowest BCUT2D eigenvalue weighted by molar-refractivity contribution is -0.151. The number of hydrogen-bond donors (Lipinski definition) is 0. The highest BCUT2D eigenvalue weighted by Gasteiger charge is 2.19. The summed E-state index contributed by atoms with van der Waals surface area (Å²) in [4.78, 5) is 11.4. The van der Waals surface area contributed by atoms with Crippen LogP contribution < -0.4 is 0 Å². The average molecular weight is 236 g/mol. The van der Waals surface area contributed by atoms with Crippen molar-refractivity contribution in [1.29, 1.82) is 0 Å². The van der Waals surface area contributed by atoms with Gasteiger partial charge in [0.2, 0.25) is 5.83 Å². The molecular formula is C14H17FO2. The fourth-order valence-corrected chi connectivity index (χ4v) is 1.27. The highest BCUT2D eigenvalue weighted by atomic mass is 19.1. The van der Waals surface area contributed by atoms with Crippen LogP contribution in [0.2, 0.25) is 0 Å². The molecule has 1 aromatic rings. The predicted octanol–water partition coefficient (Wildman–Crippen LogP) is 3.65. The fraction of sp³-hybridized carbons (Fsp3) is 0.357. The van der Waals surface area contributed by atoms with Gasteiger partial charge in [0.25, 0.3) is 0 Å². The second-order valence-corrected chi connectivity index (χ2v) is 4.85. The SMILES string of the molecule is Cc1ccccc1/C=C(/F)C(=O)OC(C)(C)C. The van der Waals surface area contributed by atoms with Crippen LogP contribution in [0.15, 0.2) is 30.1 Å². The van der Waals surface area contributed by atoms with Crippen molar-refractivity contribution in [2.75, 3.05) is 0 Å². The van der Waals surface area contributed by atoms with E-state index in [9.17, 15) is 9.18 Å². The Labute approximate surface area is 101 Å². The van der Waals surface area contributed by atoms with Gasteiger partial charge in [-0.2, -0.15) is 4.39 Å². The lowest BCUT2D eigenvalue weighted by atomic mass is 10.1. The van der Waals surface area contributed by atoms with Crippen molar-refractivity contribution in [2.45, 2.75) is 33.3 Å². The number of benzene rings is 1. The van der Waals surface area contributed by atoms with Gasteiger partial charge in [0.1, 0.15) is 5.60 Å². The Bertz CT molecular complexity index is 442. The number of halogens is 1. The summed E-state index contributed by atoms with van der Waals surface area (Å²) in [6.07, 6.45) is 1.20. The van der Waals surface area contributed by atoms with Gasteiger partial charge in [-0.3, -0.25) is 0 Å². The Morgan fingerprint density at radius 1 is 1.29 bits per heavy atom. The molecular weight excluding hydrogens is 219 g/mol. The summed E-state index contributed by atoms with van der Waals surface area (Å²) in [7, 11) is 0. The Morgan fingerprint density at radius 3 is 2.41 bits per heavy atom. The summed E-state index contributed by atoms with van der Waals surface area (Å²) in [5.41, 5.74) is 0.899. The molecule has 2 nitrogen and oxygen atoms in total. The molecule has 0 heterocycles. The molecule has 0 amide bonds. The van der Waals surface area contributed by atoms with Crippen LogP contribution in [-0.2, 0) is 9.53 Å². The number of ether oxygens (including phenoxy) is 1. The standard InChI is InChI=1S/C14H17FO2/c1-10-7-5-6-8-11(10)9-12(15)13(16)17-14(2,3)4/h5-9H,1-4H3/b12-9+. The largest absolute Gasteiger partial charge is 0.455 e. The zero-order valence-corrected chi connectivity index (χ0v) is 10.6. The van der Waals surface area contributed by atoms with Gasteiger partial charge in [-0.05, 0) is 44.9 Å². The Hall–Kier alpha value is -1.64. The van der Waals surface area contributed by atoms with E-state index >= 15 is 0 Å². The van der Waals surface area contributed by atoms with E-state index in [1.165, 1.54) is 6.08 Å². The molecule has 92 valence electrons. The maximum absolute atomic E-state index is 13.6. The van der Waals surface area contributed by atoms with Gasteiger partial charge < -0.3 is 4.74 Å². The highest BCUT2D eigenvalue weighted by Crippen LogP contribution is 2.16. The summed E-state index contributed by atoms with van der Waals surface area (Å²) in [5.74, 6) is -1.81. The van der Waals surface area contributed by atoms with Crippen molar-refractivity contribution in [3.63, 3.8) is 0 Å². The van der Waals surface area contributed by atoms with Gasteiger partial charge in [0.15, 0.2) is 0 Å². The molecule has 0 aromatic heterocycles. The zero-order valence-electron chi connectivity index (χ0n) is 10.6. The maximum atomic E-state index is 13.6. The normalized spacial score (nSPS) is 12.4. The van der Waals surface area contributed by atoms with E-state index in [-0.39, 0.29) is 0 Å². The van der Waals surface area contributed by atoms with Crippen molar-refractivity contribution in [1.82, 2.24) is 0 Å². The van der Waals surface area contributed by atoms with E-state index in [1.54, 1.807) is 32.9 Å². The number of carbonyl (C=O) groups excluding carboxylic acids is 1. The maximum Gasteiger partial charge on any atom is 0.367 e. The summed E-state index contributed by atoms with van der Waals surface area (Å²) in [5, 5.41) is 0. The van der Waals surface area contributed by atoms with Crippen molar-refractivity contribution >= 4 is 12.0 Å². The van der Waals surface area contributed by atoms with Crippen molar-refractivity contribution in [3.05, 3.63) is 41.2 Å². The smallest absolute Gasteiger partial charge is 0.367 e. The van der Waals surface area contributed by atoms with Gasteiger partial charge in [0, 0.05) is 0 Å². The summed E-state index contributed by atoms with van der Waals surface area (Å²) in [6, 6.07) is 7.26. The molecule has 0 aliphatic heterocycles. The van der Waals surface area contributed by atoms with Crippen LogP contribution in [0.25, 0.3) is 6.08 Å². The van der Waals surface area contributed by atoms with Gasteiger partial charge in [-0.25, -0.2) is 4.79 Å². The number of rotatable bonds is 2. The summed E-state index contributed by atoms with van der Waals surface area (Å²) >= 11 is 0. The Balaban J connectivity index is 2.87. The lowest BCUT2D eigenvalue weighted by Gasteiger charge is -2.18. The third kappa shape index (κ3) is 4.39. The molecule has 0 saturated carbocycles. The van der Waals surface area contributed by atoms with E-state index in [2.05, 4.69) is 0 Å². The van der Waals surface area contributed by atoms with Crippen LogP contribution in [0.3, 0.4) is 0 Å². The first kappa shape index (κ1) is 13.4. The van der Waals surface area contributed by atoms with Crippen molar-refractivity contribution in [3.8, 4) is 0 Å². The number of hydrogen-bond acceptors (Lipinski definition) is 2. The quantitative estimate of drug-likeness (QED) is 0.578. The topological polar surface area (TPSA) is 26.3 Å². The van der Waals surface area contributed by atoms with Gasteiger partial charge >= 0.3 is 5.97 Å². The predicted molar refractivity (Wildman–Crippen MR) is 66.1 cm³/mol. The molecule has 0 fully saturated rings. The molecule has 0 radical (unpaired) electrons. The van der Waals surface area contributed by atoms with Gasteiger partial charge in [-0.15, -0.1) is 0 Å².